The van der Waals surface area contributed by atoms with Gasteiger partial charge < -0.3 is 14.3 Å². The Morgan fingerprint density at radius 1 is 1.44 bits per heavy atom. The maximum absolute atomic E-state index is 11.2. The minimum absolute atomic E-state index is 0.128. The van der Waals surface area contributed by atoms with E-state index in [0.29, 0.717) is 27.8 Å². The van der Waals surface area contributed by atoms with Crippen molar-refractivity contribution >= 4 is 28.0 Å². The van der Waals surface area contributed by atoms with Gasteiger partial charge in [-0.15, -0.1) is 0 Å². The largest absolute Gasteiger partial charge is 0.493 e. The Morgan fingerprint density at radius 2 is 2.28 bits per heavy atom. The predicted molar refractivity (Wildman–Crippen MR) is 62.8 cm³/mol. The van der Waals surface area contributed by atoms with Gasteiger partial charge in [0.15, 0.2) is 16.9 Å². The standard InChI is InChI=1S/C12H8N2O4/c1-17-7-3-2-6(12(15)16)9-10-8(18-11(7)9)4-13-5-14-10/h2-5H,1H3,(H,15,16). The Bertz CT molecular complexity index is 763. The van der Waals surface area contributed by atoms with Crippen molar-refractivity contribution in [3.8, 4) is 5.75 Å². The molecule has 0 atom stereocenters. The summed E-state index contributed by atoms with van der Waals surface area (Å²) in [6, 6.07) is 3.03. The number of nitrogens with zero attached hydrogens (tertiary/aromatic N) is 2. The summed E-state index contributed by atoms with van der Waals surface area (Å²) in [5.74, 6) is -0.572. The number of carbonyl (C=O) groups is 1. The fraction of sp³-hybridized carbons (Fsp3) is 0.0833. The van der Waals surface area contributed by atoms with Crippen LogP contribution in [0.15, 0.2) is 29.1 Å². The Hall–Kier alpha value is -2.63. The Kier molecular flexibility index (Phi) is 2.16. The molecule has 18 heavy (non-hydrogen) atoms. The average Bonchev–Trinajstić information content (AvgIpc) is 2.76. The Labute approximate surface area is 101 Å². The Morgan fingerprint density at radius 3 is 3.00 bits per heavy atom. The van der Waals surface area contributed by atoms with E-state index >= 15 is 0 Å². The molecule has 0 unspecified atom stereocenters. The van der Waals surface area contributed by atoms with Crippen LogP contribution in [0.3, 0.4) is 0 Å². The fourth-order valence-electron chi connectivity index (χ4n) is 1.93. The van der Waals surface area contributed by atoms with Crippen LogP contribution in [-0.4, -0.2) is 28.2 Å². The summed E-state index contributed by atoms with van der Waals surface area (Å²) in [6.07, 6.45) is 2.84. The van der Waals surface area contributed by atoms with E-state index in [2.05, 4.69) is 9.97 Å². The molecule has 0 bridgehead atoms. The number of hydrogen-bond donors (Lipinski definition) is 1. The van der Waals surface area contributed by atoms with E-state index in [-0.39, 0.29) is 5.56 Å². The molecule has 0 saturated heterocycles. The predicted octanol–water partition coefficient (Wildman–Crippen LogP) is 2.08. The highest BCUT2D eigenvalue weighted by molar-refractivity contribution is 6.14. The van der Waals surface area contributed by atoms with Gasteiger partial charge in [-0.25, -0.2) is 14.8 Å². The van der Waals surface area contributed by atoms with Crippen molar-refractivity contribution in [2.45, 2.75) is 0 Å². The lowest BCUT2D eigenvalue weighted by Gasteiger charge is -2.02. The normalized spacial score (nSPS) is 10.9. The summed E-state index contributed by atoms with van der Waals surface area (Å²) in [7, 11) is 1.49. The number of carboxylic acid groups (broad SMARTS) is 1. The van der Waals surface area contributed by atoms with Gasteiger partial charge in [0, 0.05) is 0 Å². The summed E-state index contributed by atoms with van der Waals surface area (Å²) in [4.78, 5) is 19.1. The third-order valence-electron chi connectivity index (χ3n) is 2.70. The van der Waals surface area contributed by atoms with Gasteiger partial charge in [-0.05, 0) is 12.1 Å². The molecule has 90 valence electrons. The molecule has 0 fully saturated rings. The zero-order valence-corrected chi connectivity index (χ0v) is 9.38. The lowest BCUT2D eigenvalue weighted by Crippen LogP contribution is -1.97. The van der Waals surface area contributed by atoms with Crippen molar-refractivity contribution in [3.63, 3.8) is 0 Å². The molecule has 1 aromatic carbocycles. The minimum atomic E-state index is -1.04. The monoisotopic (exact) mass is 244 g/mol. The molecular formula is C12H8N2O4. The van der Waals surface area contributed by atoms with Crippen LogP contribution in [0.25, 0.3) is 22.1 Å². The maximum Gasteiger partial charge on any atom is 0.336 e. The van der Waals surface area contributed by atoms with Gasteiger partial charge in [0.25, 0.3) is 0 Å². The second-order valence-electron chi connectivity index (χ2n) is 3.66. The van der Waals surface area contributed by atoms with Crippen LogP contribution in [0.2, 0.25) is 0 Å². The van der Waals surface area contributed by atoms with Crippen molar-refractivity contribution in [2.75, 3.05) is 7.11 Å². The fourth-order valence-corrected chi connectivity index (χ4v) is 1.93. The molecule has 3 aromatic rings. The van der Waals surface area contributed by atoms with Crippen LogP contribution >= 0.6 is 0 Å². The van der Waals surface area contributed by atoms with E-state index in [1.807, 2.05) is 0 Å². The molecule has 0 radical (unpaired) electrons. The molecule has 6 heteroatoms. The van der Waals surface area contributed by atoms with E-state index < -0.39 is 5.97 Å². The molecule has 0 aliphatic carbocycles. The third kappa shape index (κ3) is 1.32. The number of carboxylic acids is 1. The molecule has 2 heterocycles. The summed E-state index contributed by atoms with van der Waals surface area (Å²) in [5.41, 5.74) is 1.40. The first-order chi connectivity index (χ1) is 8.72. The van der Waals surface area contributed by atoms with Gasteiger partial charge in [0.05, 0.1) is 24.3 Å². The van der Waals surface area contributed by atoms with Gasteiger partial charge in [-0.1, -0.05) is 0 Å². The van der Waals surface area contributed by atoms with E-state index in [1.54, 1.807) is 6.07 Å². The lowest BCUT2D eigenvalue weighted by molar-refractivity contribution is 0.0699. The highest BCUT2D eigenvalue weighted by atomic mass is 16.5. The maximum atomic E-state index is 11.2. The minimum Gasteiger partial charge on any atom is -0.493 e. The highest BCUT2D eigenvalue weighted by Crippen LogP contribution is 2.35. The molecular weight excluding hydrogens is 236 g/mol. The second-order valence-corrected chi connectivity index (χ2v) is 3.66. The molecule has 0 aliphatic heterocycles. The van der Waals surface area contributed by atoms with Crippen LogP contribution < -0.4 is 4.74 Å². The van der Waals surface area contributed by atoms with Crippen molar-refractivity contribution in [2.24, 2.45) is 0 Å². The van der Waals surface area contributed by atoms with Crippen LogP contribution in [0.4, 0.5) is 0 Å². The SMILES string of the molecule is COc1ccc(C(=O)O)c2c1oc1cncnc12. The smallest absolute Gasteiger partial charge is 0.336 e. The van der Waals surface area contributed by atoms with Crippen molar-refractivity contribution in [1.29, 1.82) is 0 Å². The van der Waals surface area contributed by atoms with Crippen LogP contribution in [0.5, 0.6) is 5.75 Å². The van der Waals surface area contributed by atoms with Crippen LogP contribution in [0.1, 0.15) is 10.4 Å². The first-order valence-electron chi connectivity index (χ1n) is 5.15. The second kappa shape index (κ2) is 3.69. The molecule has 0 amide bonds. The number of hydrogen-bond acceptors (Lipinski definition) is 5. The molecule has 1 N–H and O–H groups in total. The molecule has 0 spiro atoms. The van der Waals surface area contributed by atoms with E-state index in [9.17, 15) is 9.90 Å². The highest BCUT2D eigenvalue weighted by Gasteiger charge is 2.19. The van der Waals surface area contributed by atoms with Gasteiger partial charge in [-0.3, -0.25) is 0 Å². The molecule has 3 rings (SSSR count). The van der Waals surface area contributed by atoms with Gasteiger partial charge >= 0.3 is 5.97 Å². The van der Waals surface area contributed by atoms with Crippen molar-refractivity contribution in [3.05, 3.63) is 30.2 Å². The molecule has 6 nitrogen and oxygen atoms in total. The Balaban J connectivity index is 2.56. The zero-order chi connectivity index (χ0) is 12.7. The number of methoxy groups -OCH3 is 1. The number of benzene rings is 1. The summed E-state index contributed by atoms with van der Waals surface area (Å²) in [5, 5.41) is 9.63. The quantitative estimate of drug-likeness (QED) is 0.742. The topological polar surface area (TPSA) is 85.5 Å². The number of aromatic nitrogens is 2. The lowest BCUT2D eigenvalue weighted by atomic mass is 10.1. The summed E-state index contributed by atoms with van der Waals surface area (Å²) < 4.78 is 10.7. The summed E-state index contributed by atoms with van der Waals surface area (Å²) >= 11 is 0. The van der Waals surface area contributed by atoms with Crippen molar-refractivity contribution < 1.29 is 19.1 Å². The van der Waals surface area contributed by atoms with Crippen LogP contribution in [0, 0.1) is 0 Å². The number of fused-ring (bicyclic) bond motifs is 3. The summed E-state index contributed by atoms with van der Waals surface area (Å²) in [6.45, 7) is 0. The number of ether oxygens (including phenoxy) is 1. The first kappa shape index (κ1) is 10.5. The zero-order valence-electron chi connectivity index (χ0n) is 9.38. The average molecular weight is 244 g/mol. The number of rotatable bonds is 2. The number of aromatic carboxylic acids is 1. The van der Waals surface area contributed by atoms with E-state index in [0.717, 1.165) is 0 Å². The first-order valence-corrected chi connectivity index (χ1v) is 5.15. The molecule has 2 aromatic heterocycles. The third-order valence-corrected chi connectivity index (χ3v) is 2.70. The van der Waals surface area contributed by atoms with Gasteiger partial charge in [-0.2, -0.15) is 0 Å². The molecule has 0 aliphatic rings. The number of furan rings is 1. The van der Waals surface area contributed by atoms with Gasteiger partial charge in [0.2, 0.25) is 0 Å². The van der Waals surface area contributed by atoms with E-state index in [4.69, 9.17) is 9.15 Å². The van der Waals surface area contributed by atoms with E-state index in [1.165, 1.54) is 25.7 Å². The molecule has 0 saturated carbocycles. The van der Waals surface area contributed by atoms with Crippen LogP contribution in [-0.2, 0) is 0 Å². The van der Waals surface area contributed by atoms with Crippen molar-refractivity contribution in [1.82, 2.24) is 9.97 Å². The van der Waals surface area contributed by atoms with Gasteiger partial charge in [0.1, 0.15) is 11.8 Å².